The lowest BCUT2D eigenvalue weighted by atomic mass is 10.1. The van der Waals surface area contributed by atoms with Gasteiger partial charge in [-0.05, 0) is 31.2 Å². The number of nitrogens with one attached hydrogen (secondary N) is 2. The smallest absolute Gasteiger partial charge is 0.408 e. The third kappa shape index (κ3) is 14.5. The predicted octanol–water partition coefficient (Wildman–Crippen LogP) is 3.10. The molecule has 0 spiro atoms. The van der Waals surface area contributed by atoms with Crippen LogP contribution in [0.4, 0.5) is 4.79 Å². The van der Waals surface area contributed by atoms with E-state index in [9.17, 15) is 24.0 Å². The van der Waals surface area contributed by atoms with Gasteiger partial charge in [-0.15, -0.1) is 0 Å². The van der Waals surface area contributed by atoms with Crippen molar-refractivity contribution in [2.75, 3.05) is 13.2 Å². The number of carboxylic acid groups (broad SMARTS) is 1. The summed E-state index contributed by atoms with van der Waals surface area (Å²) >= 11 is 0. The summed E-state index contributed by atoms with van der Waals surface area (Å²) in [4.78, 5) is 60.6. The second-order valence-corrected chi connectivity index (χ2v) is 8.39. The highest BCUT2D eigenvalue weighted by molar-refractivity contribution is 5.86. The van der Waals surface area contributed by atoms with E-state index in [0.29, 0.717) is 12.8 Å². The maximum atomic E-state index is 12.6. The second kappa shape index (κ2) is 18.6. The minimum atomic E-state index is -1.15. The van der Waals surface area contributed by atoms with E-state index >= 15 is 0 Å². The average molecular weight is 523 g/mol. The lowest BCUT2D eigenvalue weighted by molar-refractivity contribution is -0.149. The fourth-order valence-corrected chi connectivity index (χ4v) is 3.05. The molecule has 0 aliphatic heterocycles. The van der Waals surface area contributed by atoms with Crippen LogP contribution in [0.2, 0.25) is 0 Å². The Morgan fingerprint density at radius 3 is 1.86 bits per heavy atom. The molecule has 0 fully saturated rings. The largest absolute Gasteiger partial charge is 0.481 e. The minimum absolute atomic E-state index is 0.00381. The van der Waals surface area contributed by atoms with Crippen molar-refractivity contribution in [2.45, 2.75) is 83.9 Å². The van der Waals surface area contributed by atoms with Crippen molar-refractivity contribution in [3.8, 4) is 0 Å². The number of alkyl carbamates (subject to hydrolysis) is 1. The molecule has 11 nitrogen and oxygen atoms in total. The molecule has 3 N–H and O–H groups in total. The molecule has 0 unspecified atom stereocenters. The van der Waals surface area contributed by atoms with Gasteiger partial charge >= 0.3 is 24.0 Å². The summed E-state index contributed by atoms with van der Waals surface area (Å²) in [5.74, 6) is -3.15. The molecular formula is C26H38N2O9. The Hall–Kier alpha value is -3.63. The summed E-state index contributed by atoms with van der Waals surface area (Å²) in [7, 11) is 0. The molecule has 206 valence electrons. The van der Waals surface area contributed by atoms with Crippen LogP contribution in [-0.2, 0) is 40.0 Å². The van der Waals surface area contributed by atoms with Crippen LogP contribution in [0.1, 0.15) is 70.8 Å². The van der Waals surface area contributed by atoms with Crippen molar-refractivity contribution in [1.29, 1.82) is 0 Å². The lowest BCUT2D eigenvalue weighted by Gasteiger charge is -2.19. The van der Waals surface area contributed by atoms with Crippen molar-refractivity contribution < 1.29 is 43.3 Å². The molecule has 37 heavy (non-hydrogen) atoms. The summed E-state index contributed by atoms with van der Waals surface area (Å²) < 4.78 is 15.5. The van der Waals surface area contributed by atoms with E-state index in [-0.39, 0.29) is 45.5 Å². The van der Waals surface area contributed by atoms with Gasteiger partial charge in [-0.25, -0.2) is 14.4 Å². The zero-order valence-electron chi connectivity index (χ0n) is 21.5. The Balaban J connectivity index is 2.72. The van der Waals surface area contributed by atoms with E-state index in [1.54, 1.807) is 24.3 Å². The number of carbonyl (C=O) groups excluding carboxylic acids is 4. The van der Waals surface area contributed by atoms with E-state index in [1.165, 1.54) is 0 Å². The Morgan fingerprint density at radius 2 is 1.32 bits per heavy atom. The molecule has 0 saturated heterocycles. The van der Waals surface area contributed by atoms with Crippen LogP contribution in [0.15, 0.2) is 30.3 Å². The summed E-state index contributed by atoms with van der Waals surface area (Å²) in [6.45, 7) is 4.18. The minimum Gasteiger partial charge on any atom is -0.481 e. The quantitative estimate of drug-likeness (QED) is 0.150. The van der Waals surface area contributed by atoms with E-state index in [4.69, 9.17) is 19.3 Å². The Morgan fingerprint density at radius 1 is 0.784 bits per heavy atom. The second-order valence-electron chi connectivity index (χ2n) is 8.39. The van der Waals surface area contributed by atoms with Gasteiger partial charge in [-0.3, -0.25) is 9.59 Å². The maximum Gasteiger partial charge on any atom is 0.408 e. The highest BCUT2D eigenvalue weighted by atomic mass is 16.6. The van der Waals surface area contributed by atoms with Crippen LogP contribution in [0.5, 0.6) is 0 Å². The van der Waals surface area contributed by atoms with E-state index in [2.05, 4.69) is 10.6 Å². The SMILES string of the molecule is CCCCOC(=O)[C@H](CCC(=O)N[C@H](CCC(=O)O)C(=O)OCCCC)NC(=O)OCc1ccccc1. The highest BCUT2D eigenvalue weighted by Gasteiger charge is 2.27. The summed E-state index contributed by atoms with van der Waals surface area (Å²) in [6.07, 6.45) is 1.21. The molecule has 0 radical (unpaired) electrons. The number of hydrogen-bond acceptors (Lipinski definition) is 8. The number of hydrogen-bond donors (Lipinski definition) is 3. The number of carboxylic acids is 1. The summed E-state index contributed by atoms with van der Waals surface area (Å²) in [6, 6.07) is 6.69. The van der Waals surface area contributed by atoms with Gasteiger partial charge in [0.2, 0.25) is 5.91 Å². The topological polar surface area (TPSA) is 157 Å². The molecule has 1 aromatic carbocycles. The first-order chi connectivity index (χ1) is 17.8. The zero-order valence-corrected chi connectivity index (χ0v) is 21.5. The number of esters is 2. The van der Waals surface area contributed by atoms with Gasteiger partial charge in [0.25, 0.3) is 0 Å². The number of benzene rings is 1. The number of amides is 2. The molecule has 0 aromatic heterocycles. The molecule has 0 heterocycles. The molecule has 0 bridgehead atoms. The van der Waals surface area contributed by atoms with Crippen molar-refractivity contribution in [1.82, 2.24) is 10.6 Å². The standard InChI is InChI=1S/C26H38N2O9/c1-3-5-16-35-24(32)20(13-15-23(30)31)27-22(29)14-12-21(25(33)36-17-6-4-2)28-26(34)37-18-19-10-8-7-9-11-19/h7-11,20-21H,3-6,12-18H2,1-2H3,(H,27,29)(H,28,34)(H,30,31)/t20-,21+/m1/s1. The van der Waals surface area contributed by atoms with Gasteiger partial charge in [-0.1, -0.05) is 57.0 Å². The molecule has 1 aromatic rings. The van der Waals surface area contributed by atoms with Crippen LogP contribution in [0.3, 0.4) is 0 Å². The molecule has 2 amide bonds. The van der Waals surface area contributed by atoms with Crippen molar-refractivity contribution in [2.24, 2.45) is 0 Å². The Bertz CT molecular complexity index is 861. The molecule has 0 aliphatic carbocycles. The molecule has 0 aliphatic rings. The molecule has 11 heteroatoms. The van der Waals surface area contributed by atoms with E-state index < -0.39 is 42.0 Å². The third-order valence-electron chi connectivity index (χ3n) is 5.20. The summed E-state index contributed by atoms with van der Waals surface area (Å²) in [5, 5.41) is 13.9. The fourth-order valence-electron chi connectivity index (χ4n) is 3.05. The summed E-state index contributed by atoms with van der Waals surface area (Å²) in [5.41, 5.74) is 0.761. The predicted molar refractivity (Wildman–Crippen MR) is 133 cm³/mol. The number of rotatable bonds is 18. The van der Waals surface area contributed by atoms with Gasteiger partial charge < -0.3 is 30.0 Å². The van der Waals surface area contributed by atoms with Crippen molar-refractivity contribution >= 4 is 29.9 Å². The molecule has 1 rings (SSSR count). The molecule has 2 atom stereocenters. The fraction of sp³-hybridized carbons (Fsp3) is 0.577. The normalized spacial score (nSPS) is 12.1. The first kappa shape index (κ1) is 31.4. The van der Waals surface area contributed by atoms with Crippen LogP contribution < -0.4 is 10.6 Å². The van der Waals surface area contributed by atoms with Gasteiger partial charge in [-0.2, -0.15) is 0 Å². The molecular weight excluding hydrogens is 484 g/mol. The first-order valence-electron chi connectivity index (χ1n) is 12.6. The number of carbonyl (C=O) groups is 5. The van der Waals surface area contributed by atoms with Gasteiger partial charge in [0, 0.05) is 12.8 Å². The van der Waals surface area contributed by atoms with Crippen LogP contribution in [-0.4, -0.2) is 60.3 Å². The number of aliphatic carboxylic acids is 1. The zero-order chi connectivity index (χ0) is 27.5. The van der Waals surface area contributed by atoms with Crippen LogP contribution in [0.25, 0.3) is 0 Å². The molecule has 0 saturated carbocycles. The monoisotopic (exact) mass is 522 g/mol. The average Bonchev–Trinajstić information content (AvgIpc) is 2.88. The van der Waals surface area contributed by atoms with Crippen LogP contribution >= 0.6 is 0 Å². The van der Waals surface area contributed by atoms with Gasteiger partial charge in [0.15, 0.2) is 0 Å². The Labute approximate surface area is 217 Å². The first-order valence-corrected chi connectivity index (χ1v) is 12.6. The maximum absolute atomic E-state index is 12.6. The van der Waals surface area contributed by atoms with Crippen molar-refractivity contribution in [3.05, 3.63) is 35.9 Å². The Kier molecular flexibility index (Phi) is 15.8. The van der Waals surface area contributed by atoms with Gasteiger partial charge in [0.05, 0.1) is 13.2 Å². The number of ether oxygens (including phenoxy) is 3. The third-order valence-corrected chi connectivity index (χ3v) is 5.20. The van der Waals surface area contributed by atoms with Crippen LogP contribution in [0, 0.1) is 0 Å². The van der Waals surface area contributed by atoms with E-state index in [1.807, 2.05) is 19.9 Å². The number of unbranched alkanes of at least 4 members (excludes halogenated alkanes) is 2. The van der Waals surface area contributed by atoms with Gasteiger partial charge in [0.1, 0.15) is 18.7 Å². The lowest BCUT2D eigenvalue weighted by Crippen LogP contribution is -2.45. The highest BCUT2D eigenvalue weighted by Crippen LogP contribution is 2.07. The van der Waals surface area contributed by atoms with Crippen molar-refractivity contribution in [3.63, 3.8) is 0 Å². The van der Waals surface area contributed by atoms with E-state index in [0.717, 1.165) is 18.4 Å².